The summed E-state index contributed by atoms with van der Waals surface area (Å²) in [5, 5.41) is 4.10. The van der Waals surface area contributed by atoms with Gasteiger partial charge in [-0.15, -0.1) is 0 Å². The van der Waals surface area contributed by atoms with Crippen LogP contribution in [0.2, 0.25) is 0 Å². The third-order valence-corrected chi connectivity index (χ3v) is 2.48. The normalized spacial score (nSPS) is 18.1. The molecule has 18 heavy (non-hydrogen) atoms. The fourth-order valence-electron chi connectivity index (χ4n) is 1.66. The van der Waals surface area contributed by atoms with Crippen LogP contribution < -0.4 is 10.7 Å². The molecule has 1 rings (SSSR count). The van der Waals surface area contributed by atoms with Crippen LogP contribution >= 0.6 is 0 Å². The van der Waals surface area contributed by atoms with E-state index >= 15 is 0 Å². The number of nitrogens with zero attached hydrogens (tertiary/aromatic N) is 1. The second-order valence-corrected chi connectivity index (χ2v) is 5.47. The zero-order valence-electron chi connectivity index (χ0n) is 11.6. The summed E-state index contributed by atoms with van der Waals surface area (Å²) in [7, 11) is 0. The number of rotatable bonds is 2. The Balaban J connectivity index is 2.41. The number of hydrazine groups is 1. The number of carbonyl (C=O) groups excluding carboxylic acids is 2. The van der Waals surface area contributed by atoms with Crippen LogP contribution in [0.1, 0.15) is 40.5 Å². The van der Waals surface area contributed by atoms with E-state index in [4.69, 9.17) is 4.74 Å². The molecule has 0 radical (unpaired) electrons. The van der Waals surface area contributed by atoms with Gasteiger partial charge >= 0.3 is 6.09 Å². The number of amides is 2. The van der Waals surface area contributed by atoms with Crippen LogP contribution in [0.15, 0.2) is 0 Å². The molecular formula is C12H23N3O3. The van der Waals surface area contributed by atoms with Gasteiger partial charge in [0.25, 0.3) is 5.91 Å². The number of carbonyl (C=O) groups is 2. The standard InChI is InChI=1S/C12H23N3O3/c1-9(14-11(17)18-12(2,3)4)10(16)15-8-6-5-7-13-15/h9,13H,5-8H2,1-4H3,(H,14,17)/t9-/m0/s1. The molecule has 1 aliphatic heterocycles. The summed E-state index contributed by atoms with van der Waals surface area (Å²) < 4.78 is 5.10. The molecule has 1 aliphatic rings. The van der Waals surface area contributed by atoms with E-state index in [9.17, 15) is 9.59 Å². The quantitative estimate of drug-likeness (QED) is 0.775. The van der Waals surface area contributed by atoms with Gasteiger partial charge in [-0.3, -0.25) is 9.80 Å². The van der Waals surface area contributed by atoms with Gasteiger partial charge in [0, 0.05) is 13.1 Å². The van der Waals surface area contributed by atoms with Gasteiger partial charge < -0.3 is 10.1 Å². The van der Waals surface area contributed by atoms with E-state index in [1.807, 2.05) is 0 Å². The van der Waals surface area contributed by atoms with E-state index < -0.39 is 17.7 Å². The number of hydrogen-bond acceptors (Lipinski definition) is 4. The summed E-state index contributed by atoms with van der Waals surface area (Å²) in [5.74, 6) is -0.138. The Morgan fingerprint density at radius 3 is 2.50 bits per heavy atom. The molecule has 0 spiro atoms. The summed E-state index contributed by atoms with van der Waals surface area (Å²) in [6, 6.07) is -0.592. The van der Waals surface area contributed by atoms with Crippen molar-refractivity contribution in [1.29, 1.82) is 0 Å². The van der Waals surface area contributed by atoms with Crippen molar-refractivity contribution < 1.29 is 14.3 Å². The smallest absolute Gasteiger partial charge is 0.408 e. The lowest BCUT2D eigenvalue weighted by Crippen LogP contribution is -2.54. The van der Waals surface area contributed by atoms with Crippen LogP contribution in [0.5, 0.6) is 0 Å². The molecule has 104 valence electrons. The van der Waals surface area contributed by atoms with Crippen molar-refractivity contribution in [1.82, 2.24) is 15.8 Å². The molecule has 0 saturated carbocycles. The van der Waals surface area contributed by atoms with Gasteiger partial charge in [-0.25, -0.2) is 10.2 Å². The Bertz CT molecular complexity index is 306. The molecule has 0 aromatic rings. The first kappa shape index (κ1) is 14.8. The van der Waals surface area contributed by atoms with Crippen LogP contribution in [0.25, 0.3) is 0 Å². The zero-order chi connectivity index (χ0) is 13.8. The van der Waals surface area contributed by atoms with Gasteiger partial charge in [0.1, 0.15) is 11.6 Å². The van der Waals surface area contributed by atoms with Gasteiger partial charge in [0.05, 0.1) is 0 Å². The summed E-state index contributed by atoms with van der Waals surface area (Å²) in [4.78, 5) is 23.5. The van der Waals surface area contributed by atoms with Gasteiger partial charge in [-0.2, -0.15) is 0 Å². The zero-order valence-corrected chi connectivity index (χ0v) is 11.6. The molecular weight excluding hydrogens is 234 g/mol. The van der Waals surface area contributed by atoms with Crippen LogP contribution in [-0.2, 0) is 9.53 Å². The molecule has 1 fully saturated rings. The highest BCUT2D eigenvalue weighted by Crippen LogP contribution is 2.07. The lowest BCUT2D eigenvalue weighted by molar-refractivity contribution is -0.137. The molecule has 6 heteroatoms. The summed E-state index contributed by atoms with van der Waals surface area (Å²) in [6.07, 6.45) is 1.48. The highest BCUT2D eigenvalue weighted by molar-refractivity contribution is 5.85. The van der Waals surface area contributed by atoms with Crippen molar-refractivity contribution in [2.75, 3.05) is 13.1 Å². The molecule has 2 N–H and O–H groups in total. The Kier molecular flexibility index (Phi) is 4.95. The van der Waals surface area contributed by atoms with Gasteiger partial charge in [-0.05, 0) is 40.5 Å². The minimum absolute atomic E-state index is 0.138. The molecule has 0 bridgehead atoms. The number of nitrogens with one attached hydrogen (secondary N) is 2. The predicted molar refractivity (Wildman–Crippen MR) is 67.8 cm³/mol. The fourth-order valence-corrected chi connectivity index (χ4v) is 1.66. The molecule has 0 aliphatic carbocycles. The van der Waals surface area contributed by atoms with E-state index in [1.165, 1.54) is 0 Å². The predicted octanol–water partition coefficient (Wildman–Crippen LogP) is 1.03. The highest BCUT2D eigenvalue weighted by atomic mass is 16.6. The first-order valence-electron chi connectivity index (χ1n) is 6.34. The van der Waals surface area contributed by atoms with Crippen molar-refractivity contribution in [3.63, 3.8) is 0 Å². The van der Waals surface area contributed by atoms with Crippen LogP contribution in [0.3, 0.4) is 0 Å². The third-order valence-electron chi connectivity index (χ3n) is 2.48. The molecule has 1 atom stereocenters. The fraction of sp³-hybridized carbons (Fsp3) is 0.833. The van der Waals surface area contributed by atoms with E-state index in [-0.39, 0.29) is 5.91 Å². The van der Waals surface area contributed by atoms with Gasteiger partial charge in [0.15, 0.2) is 0 Å². The number of alkyl carbamates (subject to hydrolysis) is 1. The number of hydrogen-bond donors (Lipinski definition) is 2. The van der Waals surface area contributed by atoms with E-state index in [2.05, 4.69) is 10.7 Å². The second kappa shape index (κ2) is 6.04. The monoisotopic (exact) mass is 257 g/mol. The van der Waals surface area contributed by atoms with Crippen LogP contribution in [-0.4, -0.2) is 41.7 Å². The number of ether oxygens (including phenoxy) is 1. The lowest BCUT2D eigenvalue weighted by Gasteiger charge is -2.30. The Labute approximate surface area is 108 Å². The average Bonchev–Trinajstić information content (AvgIpc) is 2.26. The maximum Gasteiger partial charge on any atom is 0.408 e. The molecule has 6 nitrogen and oxygen atoms in total. The van der Waals surface area contributed by atoms with Crippen molar-refractivity contribution >= 4 is 12.0 Å². The van der Waals surface area contributed by atoms with Crippen LogP contribution in [0, 0.1) is 0 Å². The van der Waals surface area contributed by atoms with Gasteiger partial charge in [-0.1, -0.05) is 0 Å². The molecule has 0 unspecified atom stereocenters. The van der Waals surface area contributed by atoms with Gasteiger partial charge in [0.2, 0.25) is 0 Å². The van der Waals surface area contributed by atoms with E-state index in [1.54, 1.807) is 32.7 Å². The molecule has 0 aromatic carbocycles. The minimum Gasteiger partial charge on any atom is -0.444 e. The molecule has 0 aromatic heterocycles. The first-order valence-corrected chi connectivity index (χ1v) is 6.34. The topological polar surface area (TPSA) is 70.7 Å². The van der Waals surface area contributed by atoms with Crippen molar-refractivity contribution in [2.24, 2.45) is 0 Å². The Morgan fingerprint density at radius 1 is 1.33 bits per heavy atom. The summed E-state index contributed by atoms with van der Waals surface area (Å²) in [6.45, 7) is 8.48. The SMILES string of the molecule is C[C@H](NC(=O)OC(C)(C)C)C(=O)N1CCCCN1. The highest BCUT2D eigenvalue weighted by Gasteiger charge is 2.25. The maximum absolute atomic E-state index is 12.0. The van der Waals surface area contributed by atoms with E-state index in [0.717, 1.165) is 19.4 Å². The average molecular weight is 257 g/mol. The Morgan fingerprint density at radius 2 is 2.00 bits per heavy atom. The molecule has 1 saturated heterocycles. The van der Waals surface area contributed by atoms with Crippen LogP contribution in [0.4, 0.5) is 4.79 Å². The third kappa shape index (κ3) is 4.91. The summed E-state index contributed by atoms with van der Waals surface area (Å²) >= 11 is 0. The lowest BCUT2D eigenvalue weighted by atomic mass is 10.2. The first-order chi connectivity index (χ1) is 8.29. The molecule has 1 heterocycles. The minimum atomic E-state index is -0.592. The van der Waals surface area contributed by atoms with E-state index in [0.29, 0.717) is 6.54 Å². The van der Waals surface area contributed by atoms with Crippen molar-refractivity contribution in [3.8, 4) is 0 Å². The summed E-state index contributed by atoms with van der Waals surface area (Å²) in [5.41, 5.74) is 2.45. The second-order valence-electron chi connectivity index (χ2n) is 5.47. The largest absolute Gasteiger partial charge is 0.444 e. The Hall–Kier alpha value is -1.30. The van der Waals surface area contributed by atoms with Crippen molar-refractivity contribution in [2.45, 2.75) is 52.2 Å². The van der Waals surface area contributed by atoms with Crippen molar-refractivity contribution in [3.05, 3.63) is 0 Å². The molecule has 2 amide bonds. The maximum atomic E-state index is 12.0.